The van der Waals surface area contributed by atoms with E-state index in [1.807, 2.05) is 0 Å². The van der Waals surface area contributed by atoms with Gasteiger partial charge in [0.2, 0.25) is 5.88 Å². The molecule has 1 rings (SSSR count). The second-order valence-electron chi connectivity index (χ2n) is 3.36. The van der Waals surface area contributed by atoms with E-state index >= 15 is 0 Å². The molecule has 114 valence electrons. The molecule has 0 saturated carbocycles. The molecule has 0 aliphatic heterocycles. The summed E-state index contributed by atoms with van der Waals surface area (Å²) in [4.78, 5) is 2.61. The van der Waals surface area contributed by atoms with E-state index in [0.29, 0.717) is 0 Å². The number of hydrogen-bond donors (Lipinski definition) is 0. The highest BCUT2D eigenvalue weighted by molar-refractivity contribution is 9.08. The van der Waals surface area contributed by atoms with Crippen LogP contribution in [0.2, 0.25) is 0 Å². The molecule has 0 fully saturated rings. The van der Waals surface area contributed by atoms with E-state index in [0.717, 1.165) is 0 Å². The fraction of sp³-hybridized carbons (Fsp3) is 0.444. The van der Waals surface area contributed by atoms with Gasteiger partial charge in [-0.25, -0.2) is 13.8 Å². The van der Waals surface area contributed by atoms with E-state index in [2.05, 4.69) is 25.7 Å². The first kappa shape index (κ1) is 16.9. The Kier molecular flexibility index (Phi) is 4.82. The van der Waals surface area contributed by atoms with Crippen LogP contribution in [-0.4, -0.2) is 11.3 Å². The van der Waals surface area contributed by atoms with E-state index in [-0.39, 0.29) is 6.07 Å². The molecular weight excluding hydrogens is 370 g/mol. The molecule has 0 radical (unpaired) electrons. The van der Waals surface area contributed by atoms with Gasteiger partial charge < -0.3 is 4.74 Å². The summed E-state index contributed by atoms with van der Waals surface area (Å²) in [6.45, 7) is 0. The van der Waals surface area contributed by atoms with Crippen LogP contribution in [0.1, 0.15) is 23.2 Å². The second-order valence-corrected chi connectivity index (χ2v) is 3.92. The number of rotatable bonds is 3. The summed E-state index contributed by atoms with van der Waals surface area (Å²) in [5.74, 6) is -1.59. The van der Waals surface area contributed by atoms with Crippen LogP contribution in [-0.2, 0) is 11.5 Å². The molecule has 0 N–H and O–H groups in total. The van der Waals surface area contributed by atoms with Crippen LogP contribution < -0.4 is 4.74 Å². The zero-order valence-corrected chi connectivity index (χ0v) is 10.7. The van der Waals surface area contributed by atoms with Gasteiger partial charge in [0.25, 0.3) is 6.43 Å². The minimum atomic E-state index is -5.34. The van der Waals surface area contributed by atoms with Gasteiger partial charge in [-0.15, -0.1) is 13.2 Å². The molecule has 0 atom stereocenters. The lowest BCUT2D eigenvalue weighted by molar-refractivity contribution is -0.276. The monoisotopic (exact) mass is 373 g/mol. The zero-order valence-electron chi connectivity index (χ0n) is 9.12. The number of aromatic nitrogens is 1. The van der Waals surface area contributed by atoms with Gasteiger partial charge in [-0.2, -0.15) is 13.2 Å². The molecular formula is C9H4BrF8NO. The van der Waals surface area contributed by atoms with Crippen molar-refractivity contribution in [1.29, 1.82) is 0 Å². The Morgan fingerprint density at radius 1 is 1.15 bits per heavy atom. The minimum Gasteiger partial charge on any atom is -0.388 e. The van der Waals surface area contributed by atoms with Crippen molar-refractivity contribution in [3.8, 4) is 5.88 Å². The predicted octanol–water partition coefficient (Wildman–Crippen LogP) is 4.83. The highest BCUT2D eigenvalue weighted by atomic mass is 79.9. The third-order valence-electron chi connectivity index (χ3n) is 1.99. The molecule has 11 heteroatoms. The maximum atomic E-state index is 12.6. The number of pyridine rings is 1. The standard InChI is InChI=1S/C9H4BrF8NO/c10-2-4-3(7(11)12)1-5(20-9(16,17)18)19-6(4)8(13,14)15/h1,7H,2H2. The Morgan fingerprint density at radius 3 is 2.05 bits per heavy atom. The number of nitrogens with zero attached hydrogens (tertiary/aromatic N) is 1. The van der Waals surface area contributed by atoms with Gasteiger partial charge in [0.1, 0.15) is 0 Å². The normalized spacial score (nSPS) is 12.9. The number of hydrogen-bond acceptors (Lipinski definition) is 2. The molecule has 0 amide bonds. The third kappa shape index (κ3) is 4.18. The summed E-state index contributed by atoms with van der Waals surface area (Å²) >= 11 is 2.57. The first-order valence-corrected chi connectivity index (χ1v) is 5.78. The third-order valence-corrected chi connectivity index (χ3v) is 2.55. The average molecular weight is 374 g/mol. The van der Waals surface area contributed by atoms with E-state index in [9.17, 15) is 35.1 Å². The number of ether oxygens (including phenoxy) is 1. The van der Waals surface area contributed by atoms with Crippen LogP contribution in [0.25, 0.3) is 0 Å². The van der Waals surface area contributed by atoms with Gasteiger partial charge in [0.15, 0.2) is 5.69 Å². The van der Waals surface area contributed by atoms with Crippen LogP contribution in [0.15, 0.2) is 6.07 Å². The van der Waals surface area contributed by atoms with Crippen molar-refractivity contribution in [2.24, 2.45) is 0 Å². The number of halogens is 9. The van der Waals surface area contributed by atoms with Gasteiger partial charge in [0, 0.05) is 22.5 Å². The smallest absolute Gasteiger partial charge is 0.388 e. The summed E-state index contributed by atoms with van der Waals surface area (Å²) in [5, 5.41) is -0.652. The Hall–Kier alpha value is -1.13. The molecule has 1 aromatic heterocycles. The maximum Gasteiger partial charge on any atom is 0.574 e. The fourth-order valence-corrected chi connectivity index (χ4v) is 1.90. The molecule has 1 aromatic rings. The minimum absolute atomic E-state index is 0.129. The quantitative estimate of drug-likeness (QED) is 0.559. The molecule has 0 aromatic carbocycles. The summed E-state index contributed by atoms with van der Waals surface area (Å²) < 4.78 is 102. The molecule has 1 heterocycles. The van der Waals surface area contributed by atoms with Crippen molar-refractivity contribution in [1.82, 2.24) is 4.98 Å². The van der Waals surface area contributed by atoms with Crippen molar-refractivity contribution >= 4 is 15.9 Å². The Bertz CT molecular complexity index is 484. The van der Waals surface area contributed by atoms with Crippen molar-refractivity contribution in [2.45, 2.75) is 24.3 Å². The van der Waals surface area contributed by atoms with Crippen molar-refractivity contribution in [3.05, 3.63) is 22.9 Å². The molecule has 20 heavy (non-hydrogen) atoms. The van der Waals surface area contributed by atoms with Crippen LogP contribution in [0, 0.1) is 0 Å². The van der Waals surface area contributed by atoms with E-state index in [4.69, 9.17) is 0 Å². The molecule has 0 bridgehead atoms. The first-order chi connectivity index (χ1) is 8.95. The lowest BCUT2D eigenvalue weighted by atomic mass is 10.1. The Balaban J connectivity index is 3.48. The molecule has 0 unspecified atom stereocenters. The summed E-state index contributed by atoms with van der Waals surface area (Å²) in [6.07, 6.45) is -14.0. The van der Waals surface area contributed by atoms with Crippen molar-refractivity contribution in [3.63, 3.8) is 0 Å². The van der Waals surface area contributed by atoms with Gasteiger partial charge in [-0.3, -0.25) is 0 Å². The van der Waals surface area contributed by atoms with Crippen molar-refractivity contribution < 1.29 is 39.9 Å². The van der Waals surface area contributed by atoms with Crippen LogP contribution >= 0.6 is 15.9 Å². The molecule has 2 nitrogen and oxygen atoms in total. The van der Waals surface area contributed by atoms with Gasteiger partial charge in [0.05, 0.1) is 0 Å². The largest absolute Gasteiger partial charge is 0.574 e. The Morgan fingerprint density at radius 2 is 1.70 bits per heavy atom. The second kappa shape index (κ2) is 5.70. The lowest BCUT2D eigenvalue weighted by Gasteiger charge is -2.17. The van der Waals surface area contributed by atoms with E-state index in [1.165, 1.54) is 0 Å². The Labute approximate surface area is 114 Å². The summed E-state index contributed by atoms with van der Waals surface area (Å²) in [6, 6.07) is 0.129. The SMILES string of the molecule is FC(F)c1cc(OC(F)(F)F)nc(C(F)(F)F)c1CBr. The van der Waals surface area contributed by atoms with Crippen LogP contribution in [0.3, 0.4) is 0 Å². The lowest BCUT2D eigenvalue weighted by Crippen LogP contribution is -2.21. The van der Waals surface area contributed by atoms with Crippen molar-refractivity contribution in [2.75, 3.05) is 0 Å². The molecule has 0 spiro atoms. The molecule has 0 aliphatic rings. The van der Waals surface area contributed by atoms with Gasteiger partial charge in [-0.1, -0.05) is 15.9 Å². The first-order valence-electron chi connectivity index (χ1n) is 4.66. The average Bonchev–Trinajstić information content (AvgIpc) is 2.24. The van der Waals surface area contributed by atoms with Crippen LogP contribution in [0.5, 0.6) is 5.88 Å². The predicted molar refractivity (Wildman–Crippen MR) is 53.5 cm³/mol. The molecule has 0 saturated heterocycles. The summed E-state index contributed by atoms with van der Waals surface area (Å²) in [7, 11) is 0. The van der Waals surface area contributed by atoms with Gasteiger partial charge >= 0.3 is 12.5 Å². The van der Waals surface area contributed by atoms with E-state index in [1.54, 1.807) is 0 Å². The number of alkyl halides is 9. The highest BCUT2D eigenvalue weighted by Crippen LogP contribution is 2.38. The van der Waals surface area contributed by atoms with Gasteiger partial charge in [-0.05, 0) is 0 Å². The highest BCUT2D eigenvalue weighted by Gasteiger charge is 2.40. The van der Waals surface area contributed by atoms with Crippen LogP contribution in [0.4, 0.5) is 35.1 Å². The summed E-state index contributed by atoms with van der Waals surface area (Å²) in [5.41, 5.74) is -4.03. The molecule has 0 aliphatic carbocycles. The fourth-order valence-electron chi connectivity index (χ4n) is 1.31. The van der Waals surface area contributed by atoms with E-state index < -0.39 is 47.0 Å². The topological polar surface area (TPSA) is 22.1 Å². The maximum absolute atomic E-state index is 12.6. The zero-order chi connectivity index (χ0) is 15.7.